The first-order valence-corrected chi connectivity index (χ1v) is 9.68. The number of amides is 2. The number of hydrogen-bond donors (Lipinski definition) is 3. The van der Waals surface area contributed by atoms with E-state index in [2.05, 4.69) is 10.6 Å². The molecule has 1 heterocycles. The SMILES string of the molecule is CO[C@H]([C@@H](OC)[C@@H](OC)C(=O)N[C@H]1CCCCNC1=O)[C@H](O)/C=C/C(C)(C)C. The molecule has 1 fully saturated rings. The highest BCUT2D eigenvalue weighted by Crippen LogP contribution is 2.19. The summed E-state index contributed by atoms with van der Waals surface area (Å²) in [4.78, 5) is 24.9. The molecule has 5 atom stereocenters. The Kier molecular flexibility index (Phi) is 10.1. The Balaban J connectivity index is 2.92. The lowest BCUT2D eigenvalue weighted by Crippen LogP contribution is -2.56. The van der Waals surface area contributed by atoms with E-state index >= 15 is 0 Å². The van der Waals surface area contributed by atoms with Crippen LogP contribution in [0.25, 0.3) is 0 Å². The molecule has 0 unspecified atom stereocenters. The van der Waals surface area contributed by atoms with Gasteiger partial charge in [0.1, 0.15) is 24.4 Å². The number of allylic oxidation sites excluding steroid dienone is 1. The van der Waals surface area contributed by atoms with Crippen LogP contribution in [-0.2, 0) is 23.8 Å². The fourth-order valence-corrected chi connectivity index (χ4v) is 3.12. The number of rotatable bonds is 9. The second-order valence-corrected chi connectivity index (χ2v) is 8.12. The Labute approximate surface area is 168 Å². The van der Waals surface area contributed by atoms with Crippen molar-refractivity contribution in [2.75, 3.05) is 27.9 Å². The average Bonchev–Trinajstić information content (AvgIpc) is 2.83. The van der Waals surface area contributed by atoms with E-state index in [4.69, 9.17) is 14.2 Å². The molecule has 3 N–H and O–H groups in total. The molecule has 1 rings (SSSR count). The zero-order valence-corrected chi connectivity index (χ0v) is 17.9. The van der Waals surface area contributed by atoms with Crippen LogP contribution < -0.4 is 10.6 Å². The van der Waals surface area contributed by atoms with Crippen molar-refractivity contribution in [2.45, 2.75) is 70.5 Å². The van der Waals surface area contributed by atoms with Crippen molar-refractivity contribution >= 4 is 11.8 Å². The van der Waals surface area contributed by atoms with E-state index < -0.39 is 36.4 Å². The molecule has 0 saturated carbocycles. The van der Waals surface area contributed by atoms with Crippen molar-refractivity contribution in [1.29, 1.82) is 0 Å². The fourth-order valence-electron chi connectivity index (χ4n) is 3.12. The smallest absolute Gasteiger partial charge is 0.252 e. The van der Waals surface area contributed by atoms with E-state index in [-0.39, 0.29) is 11.3 Å². The van der Waals surface area contributed by atoms with Gasteiger partial charge in [-0.05, 0) is 24.7 Å². The van der Waals surface area contributed by atoms with Gasteiger partial charge in [0.2, 0.25) is 5.91 Å². The maximum Gasteiger partial charge on any atom is 0.252 e. The quantitative estimate of drug-likeness (QED) is 0.494. The van der Waals surface area contributed by atoms with Crippen LogP contribution in [0, 0.1) is 5.41 Å². The van der Waals surface area contributed by atoms with Gasteiger partial charge in [-0.3, -0.25) is 9.59 Å². The van der Waals surface area contributed by atoms with E-state index in [0.29, 0.717) is 13.0 Å². The van der Waals surface area contributed by atoms with Crippen LogP contribution in [-0.4, -0.2) is 75.3 Å². The summed E-state index contributed by atoms with van der Waals surface area (Å²) in [5, 5.41) is 16.1. The van der Waals surface area contributed by atoms with Crippen molar-refractivity contribution in [1.82, 2.24) is 10.6 Å². The number of ether oxygens (including phenoxy) is 3. The van der Waals surface area contributed by atoms with Crippen molar-refractivity contribution in [2.24, 2.45) is 5.41 Å². The molecular formula is C20H36N2O6. The van der Waals surface area contributed by atoms with E-state index in [9.17, 15) is 14.7 Å². The first-order chi connectivity index (χ1) is 13.1. The first-order valence-electron chi connectivity index (χ1n) is 9.68. The number of nitrogens with one attached hydrogen (secondary N) is 2. The van der Waals surface area contributed by atoms with Gasteiger partial charge in [0.25, 0.3) is 5.91 Å². The van der Waals surface area contributed by atoms with Crippen LogP contribution in [0.1, 0.15) is 40.0 Å². The zero-order valence-electron chi connectivity index (χ0n) is 17.9. The molecule has 1 aliphatic rings. The van der Waals surface area contributed by atoms with Crippen LogP contribution in [0.3, 0.4) is 0 Å². The van der Waals surface area contributed by atoms with Crippen molar-refractivity contribution < 1.29 is 28.9 Å². The average molecular weight is 401 g/mol. The Bertz CT molecular complexity index is 531. The Morgan fingerprint density at radius 1 is 1.18 bits per heavy atom. The summed E-state index contributed by atoms with van der Waals surface area (Å²) in [6, 6.07) is -0.614. The van der Waals surface area contributed by atoms with Crippen LogP contribution in [0.2, 0.25) is 0 Å². The predicted octanol–water partition coefficient (Wildman–Crippen LogP) is 0.780. The minimum Gasteiger partial charge on any atom is -0.386 e. The Morgan fingerprint density at radius 2 is 1.82 bits per heavy atom. The maximum absolute atomic E-state index is 12.8. The maximum atomic E-state index is 12.8. The number of hydrogen-bond acceptors (Lipinski definition) is 6. The number of aliphatic hydroxyl groups excluding tert-OH is 1. The molecular weight excluding hydrogens is 364 g/mol. The Hall–Kier alpha value is -1.48. The summed E-state index contributed by atoms with van der Waals surface area (Å²) in [6.45, 7) is 6.64. The largest absolute Gasteiger partial charge is 0.386 e. The molecule has 0 aromatic heterocycles. The van der Waals surface area contributed by atoms with E-state index in [1.807, 2.05) is 26.8 Å². The summed E-state index contributed by atoms with van der Waals surface area (Å²) in [7, 11) is 4.25. The van der Waals surface area contributed by atoms with Crippen molar-refractivity contribution in [3.05, 3.63) is 12.2 Å². The molecule has 0 radical (unpaired) electrons. The summed E-state index contributed by atoms with van der Waals surface area (Å²) in [6.07, 6.45) is 2.03. The molecule has 28 heavy (non-hydrogen) atoms. The van der Waals surface area contributed by atoms with E-state index in [1.165, 1.54) is 21.3 Å². The highest BCUT2D eigenvalue weighted by molar-refractivity contribution is 5.89. The highest BCUT2D eigenvalue weighted by atomic mass is 16.6. The molecule has 0 bridgehead atoms. The highest BCUT2D eigenvalue weighted by Gasteiger charge is 2.39. The van der Waals surface area contributed by atoms with Gasteiger partial charge >= 0.3 is 0 Å². The molecule has 0 aromatic rings. The summed E-state index contributed by atoms with van der Waals surface area (Å²) in [5.41, 5.74) is -0.118. The van der Waals surface area contributed by atoms with Gasteiger partial charge in [-0.2, -0.15) is 0 Å². The number of carbonyl (C=O) groups is 2. The standard InChI is InChI=1S/C20H36N2O6/c1-20(2,3)11-10-14(23)15(26-4)16(27-5)17(28-6)19(25)22-13-9-7-8-12-21-18(13)24/h10-11,13-17,23H,7-9,12H2,1-6H3,(H,21,24)(H,22,25)/b11-10+/t13-,14+,15-,16+,17+/m0/s1. The van der Waals surface area contributed by atoms with Gasteiger partial charge in [0.05, 0.1) is 0 Å². The lowest BCUT2D eigenvalue weighted by molar-refractivity contribution is -0.159. The molecule has 1 saturated heterocycles. The third-order valence-electron chi connectivity index (χ3n) is 4.66. The zero-order chi connectivity index (χ0) is 21.3. The van der Waals surface area contributed by atoms with Gasteiger partial charge in [0, 0.05) is 27.9 Å². The van der Waals surface area contributed by atoms with Crippen LogP contribution in [0.4, 0.5) is 0 Å². The van der Waals surface area contributed by atoms with Gasteiger partial charge in [0.15, 0.2) is 6.10 Å². The number of carbonyl (C=O) groups excluding carboxylic acids is 2. The lowest BCUT2D eigenvalue weighted by atomic mass is 9.93. The predicted molar refractivity (Wildman–Crippen MR) is 106 cm³/mol. The normalized spacial score (nSPS) is 22.8. The first kappa shape index (κ1) is 24.6. The monoisotopic (exact) mass is 400 g/mol. The number of methoxy groups -OCH3 is 3. The summed E-state index contributed by atoms with van der Waals surface area (Å²) < 4.78 is 16.3. The molecule has 162 valence electrons. The molecule has 8 heteroatoms. The number of aliphatic hydroxyl groups is 1. The minimum atomic E-state index is -1.05. The van der Waals surface area contributed by atoms with Gasteiger partial charge in [-0.15, -0.1) is 0 Å². The van der Waals surface area contributed by atoms with Crippen LogP contribution in [0.15, 0.2) is 12.2 Å². The topological polar surface area (TPSA) is 106 Å². The molecule has 1 aliphatic heterocycles. The summed E-state index contributed by atoms with van der Waals surface area (Å²) >= 11 is 0. The molecule has 0 aliphatic carbocycles. The van der Waals surface area contributed by atoms with Gasteiger partial charge in [-0.1, -0.05) is 32.9 Å². The van der Waals surface area contributed by atoms with Crippen molar-refractivity contribution in [3.63, 3.8) is 0 Å². The van der Waals surface area contributed by atoms with Crippen LogP contribution >= 0.6 is 0 Å². The van der Waals surface area contributed by atoms with Crippen LogP contribution in [0.5, 0.6) is 0 Å². The third-order valence-corrected chi connectivity index (χ3v) is 4.66. The summed E-state index contributed by atoms with van der Waals surface area (Å²) in [5.74, 6) is -0.684. The third kappa shape index (κ3) is 7.50. The molecule has 0 spiro atoms. The molecule has 2 amide bonds. The van der Waals surface area contributed by atoms with Gasteiger partial charge in [-0.25, -0.2) is 0 Å². The lowest BCUT2D eigenvalue weighted by Gasteiger charge is -2.33. The van der Waals surface area contributed by atoms with E-state index in [1.54, 1.807) is 6.08 Å². The van der Waals surface area contributed by atoms with Gasteiger partial charge < -0.3 is 30.0 Å². The second kappa shape index (κ2) is 11.5. The fraction of sp³-hybridized carbons (Fsp3) is 0.800. The Morgan fingerprint density at radius 3 is 2.36 bits per heavy atom. The minimum absolute atomic E-state index is 0.118. The molecule has 0 aromatic carbocycles. The van der Waals surface area contributed by atoms with Crippen molar-refractivity contribution in [3.8, 4) is 0 Å². The van der Waals surface area contributed by atoms with E-state index in [0.717, 1.165) is 12.8 Å². The second-order valence-electron chi connectivity index (χ2n) is 8.12. The molecule has 8 nitrogen and oxygen atoms in total.